The molecule has 0 aliphatic heterocycles. The van der Waals surface area contributed by atoms with Gasteiger partial charge < -0.3 is 25.4 Å². The lowest BCUT2D eigenvalue weighted by molar-refractivity contribution is -0.115. The molecule has 2 fully saturated rings. The number of imide groups is 1. The van der Waals surface area contributed by atoms with Crippen LogP contribution in [0.3, 0.4) is 0 Å². The highest BCUT2D eigenvalue weighted by atomic mass is 16.5. The second-order valence-corrected chi connectivity index (χ2v) is 8.48. The first-order valence-corrected chi connectivity index (χ1v) is 11.5. The fraction of sp³-hybridized carbons (Fsp3) is 0.773. The van der Waals surface area contributed by atoms with Gasteiger partial charge in [0.25, 0.3) is 5.91 Å². The first kappa shape index (κ1) is 25.0. The Morgan fingerprint density at radius 2 is 1.58 bits per heavy atom. The molecule has 0 spiro atoms. The van der Waals surface area contributed by atoms with Crippen LogP contribution >= 0.6 is 0 Å². The predicted octanol–water partition coefficient (Wildman–Crippen LogP) is 2.82. The second-order valence-electron chi connectivity index (χ2n) is 8.48. The van der Waals surface area contributed by atoms with E-state index < -0.39 is 18.0 Å². The number of amides is 4. The number of ether oxygens (including phenoxy) is 1. The molecule has 31 heavy (non-hydrogen) atoms. The van der Waals surface area contributed by atoms with Gasteiger partial charge in [-0.1, -0.05) is 6.92 Å². The van der Waals surface area contributed by atoms with Crippen molar-refractivity contribution in [1.82, 2.24) is 20.9 Å². The Labute approximate surface area is 185 Å². The first-order chi connectivity index (χ1) is 14.9. The fourth-order valence-corrected chi connectivity index (χ4v) is 4.70. The molecule has 4 amide bonds. The van der Waals surface area contributed by atoms with E-state index in [-0.39, 0.29) is 12.1 Å². The Kier molecular flexibility index (Phi) is 10.6. The van der Waals surface area contributed by atoms with Gasteiger partial charge in [-0.15, -0.1) is 0 Å². The smallest absolute Gasteiger partial charge is 0.404 e. The van der Waals surface area contributed by atoms with Gasteiger partial charge in [0.05, 0.1) is 12.9 Å². The van der Waals surface area contributed by atoms with Gasteiger partial charge in [0.2, 0.25) is 0 Å². The largest absolute Gasteiger partial charge is 0.501 e. The minimum absolute atomic E-state index is 0.0849. The van der Waals surface area contributed by atoms with Crippen LogP contribution < -0.4 is 16.0 Å². The lowest BCUT2D eigenvalue weighted by Crippen LogP contribution is -2.47. The molecule has 0 radical (unpaired) electrons. The molecule has 2 aliphatic carbocycles. The van der Waals surface area contributed by atoms with Gasteiger partial charge in [-0.25, -0.2) is 9.59 Å². The third kappa shape index (κ3) is 9.16. The van der Waals surface area contributed by atoms with Gasteiger partial charge in [0.15, 0.2) is 0 Å². The molecular formula is C22H38N4O5. The number of carbonyl (C=O) groups excluding carboxylic acids is 2. The number of hydrogen-bond donors (Lipinski definition) is 4. The monoisotopic (exact) mass is 438 g/mol. The molecule has 9 nitrogen and oxygen atoms in total. The minimum Gasteiger partial charge on any atom is -0.501 e. The van der Waals surface area contributed by atoms with Crippen molar-refractivity contribution in [3.63, 3.8) is 0 Å². The Bertz CT molecular complexity index is 611. The average Bonchev–Trinajstić information content (AvgIpc) is 2.73. The van der Waals surface area contributed by atoms with Gasteiger partial charge in [0, 0.05) is 30.7 Å². The normalized spacial score (nSPS) is 26.4. The molecule has 176 valence electrons. The number of rotatable bonds is 9. The molecule has 0 unspecified atom stereocenters. The molecule has 0 bridgehead atoms. The lowest BCUT2D eigenvalue weighted by Gasteiger charge is -2.39. The zero-order valence-corrected chi connectivity index (χ0v) is 18.8. The maximum absolute atomic E-state index is 12.0. The second kappa shape index (κ2) is 13.2. The van der Waals surface area contributed by atoms with Crippen LogP contribution in [-0.4, -0.2) is 65.9 Å². The maximum atomic E-state index is 12.0. The van der Waals surface area contributed by atoms with Crippen LogP contribution in [0.15, 0.2) is 12.3 Å². The molecule has 0 aromatic heterocycles. The van der Waals surface area contributed by atoms with Crippen molar-refractivity contribution in [2.24, 2.45) is 5.92 Å². The highest BCUT2D eigenvalue weighted by Gasteiger charge is 2.29. The summed E-state index contributed by atoms with van der Waals surface area (Å²) < 4.78 is 4.95. The maximum Gasteiger partial charge on any atom is 0.404 e. The first-order valence-electron chi connectivity index (χ1n) is 11.5. The number of carbonyl (C=O) groups is 3. The third-order valence-corrected chi connectivity index (χ3v) is 6.34. The van der Waals surface area contributed by atoms with E-state index in [4.69, 9.17) is 9.84 Å². The van der Waals surface area contributed by atoms with Crippen LogP contribution in [0.1, 0.15) is 65.2 Å². The third-order valence-electron chi connectivity index (χ3n) is 6.34. The summed E-state index contributed by atoms with van der Waals surface area (Å²) in [6, 6.07) is 0.236. The summed E-state index contributed by atoms with van der Waals surface area (Å²) in [5.74, 6) is 0.109. The standard InChI is InChI=1S/C22H38N4O5/c1-3-26(19-11-9-18(10-12-19)24-22(29)30)15-16-5-7-17(8-6-16)23-21(28)25-20(27)13-14-31-4-2/h13-14,16-19,24H,3-12,15H2,1-2H3,(H,29,30)(H2,23,25,27,28)/b14-13+/t16-,17-,18-,19-. The molecule has 0 aromatic rings. The van der Waals surface area contributed by atoms with Crippen molar-refractivity contribution in [3.8, 4) is 0 Å². The summed E-state index contributed by atoms with van der Waals surface area (Å²) in [7, 11) is 0. The Hall–Kier alpha value is -2.29. The average molecular weight is 439 g/mol. The molecular weight excluding hydrogens is 400 g/mol. The summed E-state index contributed by atoms with van der Waals surface area (Å²) >= 11 is 0. The molecule has 0 saturated heterocycles. The van der Waals surface area contributed by atoms with E-state index in [0.717, 1.165) is 64.5 Å². The van der Waals surface area contributed by atoms with E-state index in [9.17, 15) is 14.4 Å². The Morgan fingerprint density at radius 3 is 2.16 bits per heavy atom. The van der Waals surface area contributed by atoms with Crippen LogP contribution in [0.25, 0.3) is 0 Å². The molecule has 9 heteroatoms. The highest BCUT2D eigenvalue weighted by molar-refractivity contribution is 6.00. The van der Waals surface area contributed by atoms with Crippen molar-refractivity contribution >= 4 is 18.0 Å². The van der Waals surface area contributed by atoms with E-state index >= 15 is 0 Å². The predicted molar refractivity (Wildman–Crippen MR) is 118 cm³/mol. The van der Waals surface area contributed by atoms with Crippen molar-refractivity contribution < 1.29 is 24.2 Å². The molecule has 0 heterocycles. The lowest BCUT2D eigenvalue weighted by atomic mass is 9.84. The summed E-state index contributed by atoms with van der Waals surface area (Å²) in [6.45, 7) is 6.53. The van der Waals surface area contributed by atoms with E-state index in [1.54, 1.807) is 0 Å². The van der Waals surface area contributed by atoms with Crippen LogP contribution in [0.2, 0.25) is 0 Å². The topological polar surface area (TPSA) is 120 Å². The summed E-state index contributed by atoms with van der Waals surface area (Å²) in [5.41, 5.74) is 0. The molecule has 0 atom stereocenters. The fourth-order valence-electron chi connectivity index (χ4n) is 4.70. The van der Waals surface area contributed by atoms with E-state index in [1.807, 2.05) is 6.92 Å². The minimum atomic E-state index is -0.929. The summed E-state index contributed by atoms with van der Waals surface area (Å²) in [5, 5.41) is 16.7. The van der Waals surface area contributed by atoms with Gasteiger partial charge in [-0.05, 0) is 70.8 Å². The number of urea groups is 1. The Morgan fingerprint density at radius 1 is 0.968 bits per heavy atom. The van der Waals surface area contributed by atoms with Crippen molar-refractivity contribution in [2.45, 2.75) is 83.3 Å². The van der Waals surface area contributed by atoms with Gasteiger partial charge >= 0.3 is 12.1 Å². The van der Waals surface area contributed by atoms with Gasteiger partial charge in [-0.3, -0.25) is 10.1 Å². The van der Waals surface area contributed by atoms with Crippen LogP contribution in [0.4, 0.5) is 9.59 Å². The molecule has 4 N–H and O–H groups in total. The number of nitrogens with one attached hydrogen (secondary N) is 3. The van der Waals surface area contributed by atoms with Crippen LogP contribution in [-0.2, 0) is 9.53 Å². The van der Waals surface area contributed by atoms with Gasteiger partial charge in [-0.2, -0.15) is 0 Å². The molecule has 2 rings (SSSR count). The molecule has 2 aliphatic rings. The number of carboxylic acid groups (broad SMARTS) is 1. The summed E-state index contributed by atoms with van der Waals surface area (Å²) in [4.78, 5) is 37.0. The number of hydrogen-bond acceptors (Lipinski definition) is 5. The molecule has 0 aromatic carbocycles. The SMILES string of the molecule is CCO/C=C/C(=O)NC(=O)N[C@H]1CC[C@H](CN(CC)[C@H]2CC[C@H](NC(=O)O)CC2)CC1. The molecule has 2 saturated carbocycles. The van der Waals surface area contributed by atoms with E-state index in [2.05, 4.69) is 27.8 Å². The zero-order chi connectivity index (χ0) is 22.6. The Balaban J connectivity index is 1.68. The van der Waals surface area contributed by atoms with Crippen LogP contribution in [0, 0.1) is 5.92 Å². The van der Waals surface area contributed by atoms with E-state index in [0.29, 0.717) is 18.6 Å². The van der Waals surface area contributed by atoms with Crippen molar-refractivity contribution in [2.75, 3.05) is 19.7 Å². The zero-order valence-electron chi connectivity index (χ0n) is 18.8. The van der Waals surface area contributed by atoms with Crippen LogP contribution in [0.5, 0.6) is 0 Å². The summed E-state index contributed by atoms with van der Waals surface area (Å²) in [6.07, 6.45) is 9.33. The quantitative estimate of drug-likeness (QED) is 0.325. The van der Waals surface area contributed by atoms with E-state index in [1.165, 1.54) is 12.3 Å². The van der Waals surface area contributed by atoms with Gasteiger partial charge in [0.1, 0.15) is 0 Å². The van der Waals surface area contributed by atoms with Crippen molar-refractivity contribution in [1.29, 1.82) is 0 Å². The highest BCUT2D eigenvalue weighted by Crippen LogP contribution is 2.29. The number of nitrogens with zero attached hydrogens (tertiary/aromatic N) is 1. The van der Waals surface area contributed by atoms with Crippen molar-refractivity contribution in [3.05, 3.63) is 12.3 Å².